The molecule has 0 bridgehead atoms. The highest BCUT2D eigenvalue weighted by molar-refractivity contribution is 6.20. The van der Waals surface area contributed by atoms with E-state index in [1.807, 2.05) is 18.2 Å². The Morgan fingerprint density at radius 1 is 0.967 bits per heavy atom. The maximum atomic E-state index is 12.5. The standard InChI is InChI=1S/C23H24N2O5/c1-14(2)16-9-11-18(12-10-16)24-21(27)15(3)30-23(28)20-19(26)13-29-22(20)25-17-7-5-4-6-8-17/h4-12,14-15,25H,13H2,1-3H3,(H,24,27)/t15-/m1/s1. The molecule has 7 nitrogen and oxygen atoms in total. The zero-order valence-electron chi connectivity index (χ0n) is 17.1. The van der Waals surface area contributed by atoms with Gasteiger partial charge in [0.2, 0.25) is 11.7 Å². The summed E-state index contributed by atoms with van der Waals surface area (Å²) in [6.07, 6.45) is -1.10. The Bertz CT molecular complexity index is 965. The van der Waals surface area contributed by atoms with E-state index < -0.39 is 23.8 Å². The predicted molar refractivity (Wildman–Crippen MR) is 113 cm³/mol. The van der Waals surface area contributed by atoms with Crippen molar-refractivity contribution in [3.63, 3.8) is 0 Å². The highest BCUT2D eigenvalue weighted by atomic mass is 16.6. The summed E-state index contributed by atoms with van der Waals surface area (Å²) in [6, 6.07) is 16.4. The summed E-state index contributed by atoms with van der Waals surface area (Å²) in [6.45, 7) is 5.35. The van der Waals surface area contributed by atoms with Crippen molar-refractivity contribution >= 4 is 29.0 Å². The van der Waals surface area contributed by atoms with Gasteiger partial charge in [-0.1, -0.05) is 44.2 Å². The molecule has 0 aliphatic carbocycles. The number of carbonyl (C=O) groups excluding carboxylic acids is 3. The first-order chi connectivity index (χ1) is 14.3. The molecule has 0 saturated heterocycles. The number of esters is 1. The highest BCUT2D eigenvalue weighted by Gasteiger charge is 2.34. The molecular weight excluding hydrogens is 384 g/mol. The fraction of sp³-hybridized carbons (Fsp3) is 0.261. The molecule has 1 atom stereocenters. The number of ether oxygens (including phenoxy) is 2. The molecule has 30 heavy (non-hydrogen) atoms. The number of anilines is 2. The lowest BCUT2D eigenvalue weighted by Gasteiger charge is -2.14. The summed E-state index contributed by atoms with van der Waals surface area (Å²) in [5, 5.41) is 5.60. The van der Waals surface area contributed by atoms with Gasteiger partial charge in [-0.25, -0.2) is 4.79 Å². The molecule has 156 valence electrons. The lowest BCUT2D eigenvalue weighted by Crippen LogP contribution is -2.31. The lowest BCUT2D eigenvalue weighted by molar-refractivity contribution is -0.150. The molecule has 1 amide bonds. The number of nitrogens with one attached hydrogen (secondary N) is 2. The second-order valence-electron chi connectivity index (χ2n) is 7.22. The van der Waals surface area contributed by atoms with Crippen LogP contribution in [0.1, 0.15) is 32.3 Å². The van der Waals surface area contributed by atoms with Crippen LogP contribution in [0.3, 0.4) is 0 Å². The monoisotopic (exact) mass is 408 g/mol. The van der Waals surface area contributed by atoms with Gasteiger partial charge in [0.05, 0.1) is 0 Å². The third-order valence-corrected chi connectivity index (χ3v) is 4.59. The predicted octanol–water partition coefficient (Wildman–Crippen LogP) is 3.60. The van der Waals surface area contributed by atoms with Crippen LogP contribution in [0.25, 0.3) is 0 Å². The Hall–Kier alpha value is -3.61. The zero-order valence-corrected chi connectivity index (χ0v) is 17.1. The zero-order chi connectivity index (χ0) is 21.7. The van der Waals surface area contributed by atoms with Gasteiger partial charge < -0.3 is 20.1 Å². The van der Waals surface area contributed by atoms with Gasteiger partial charge in [0.15, 0.2) is 18.3 Å². The third kappa shape index (κ3) is 5.05. The molecular formula is C23H24N2O5. The third-order valence-electron chi connectivity index (χ3n) is 4.59. The molecule has 0 radical (unpaired) electrons. The summed E-state index contributed by atoms with van der Waals surface area (Å²) in [5.41, 5.74) is 2.17. The highest BCUT2D eigenvalue weighted by Crippen LogP contribution is 2.21. The van der Waals surface area contributed by atoms with E-state index in [-0.39, 0.29) is 18.1 Å². The van der Waals surface area contributed by atoms with Crippen molar-refractivity contribution in [3.8, 4) is 0 Å². The van der Waals surface area contributed by atoms with Crippen molar-refractivity contribution < 1.29 is 23.9 Å². The van der Waals surface area contributed by atoms with Crippen molar-refractivity contribution in [2.45, 2.75) is 32.8 Å². The normalized spacial score (nSPS) is 14.3. The Morgan fingerprint density at radius 3 is 2.27 bits per heavy atom. The summed E-state index contributed by atoms with van der Waals surface area (Å²) in [7, 11) is 0. The van der Waals surface area contributed by atoms with Crippen LogP contribution < -0.4 is 10.6 Å². The van der Waals surface area contributed by atoms with Gasteiger partial charge in [-0.05, 0) is 42.7 Å². The molecule has 0 fully saturated rings. The Labute approximate surface area is 175 Å². The Kier molecular flexibility index (Phi) is 6.51. The molecule has 0 aromatic heterocycles. The fourth-order valence-corrected chi connectivity index (χ4v) is 2.83. The number of carbonyl (C=O) groups is 3. The second kappa shape index (κ2) is 9.26. The second-order valence-corrected chi connectivity index (χ2v) is 7.22. The summed E-state index contributed by atoms with van der Waals surface area (Å²) < 4.78 is 10.5. The first-order valence-corrected chi connectivity index (χ1v) is 9.69. The molecule has 2 N–H and O–H groups in total. The van der Waals surface area contributed by atoms with Crippen molar-refractivity contribution in [1.82, 2.24) is 0 Å². The van der Waals surface area contributed by atoms with Crippen molar-refractivity contribution in [2.24, 2.45) is 0 Å². The van der Waals surface area contributed by atoms with E-state index in [0.717, 1.165) is 5.56 Å². The number of rotatable bonds is 7. The van der Waals surface area contributed by atoms with Gasteiger partial charge in [0, 0.05) is 11.4 Å². The molecule has 2 aromatic carbocycles. The number of benzene rings is 2. The fourth-order valence-electron chi connectivity index (χ4n) is 2.83. The molecule has 1 heterocycles. The first-order valence-electron chi connectivity index (χ1n) is 9.69. The van der Waals surface area contributed by atoms with Gasteiger partial charge in [0.1, 0.15) is 0 Å². The minimum atomic E-state index is -1.10. The van der Waals surface area contributed by atoms with Crippen LogP contribution in [-0.4, -0.2) is 30.4 Å². The van der Waals surface area contributed by atoms with E-state index in [0.29, 0.717) is 17.3 Å². The molecule has 3 rings (SSSR count). The van der Waals surface area contributed by atoms with Gasteiger partial charge in [0.25, 0.3) is 5.91 Å². The van der Waals surface area contributed by atoms with E-state index >= 15 is 0 Å². The molecule has 0 unspecified atom stereocenters. The van der Waals surface area contributed by atoms with Gasteiger partial charge in [-0.3, -0.25) is 9.59 Å². The number of Topliss-reactive ketones (excluding diaryl/α,β-unsaturated/α-hetero) is 1. The lowest BCUT2D eigenvalue weighted by atomic mass is 10.0. The van der Waals surface area contributed by atoms with Crippen molar-refractivity contribution in [1.29, 1.82) is 0 Å². The summed E-state index contributed by atoms with van der Waals surface area (Å²) in [5.74, 6) is -1.50. The summed E-state index contributed by atoms with van der Waals surface area (Å²) in [4.78, 5) is 37.1. The molecule has 0 saturated carbocycles. The largest absolute Gasteiger partial charge is 0.470 e. The van der Waals surface area contributed by atoms with Crippen LogP contribution in [0.2, 0.25) is 0 Å². The summed E-state index contributed by atoms with van der Waals surface area (Å²) >= 11 is 0. The molecule has 2 aromatic rings. The molecule has 0 spiro atoms. The number of para-hydroxylation sites is 1. The van der Waals surface area contributed by atoms with Gasteiger partial charge >= 0.3 is 5.97 Å². The maximum absolute atomic E-state index is 12.5. The quantitative estimate of drug-likeness (QED) is 0.537. The topological polar surface area (TPSA) is 93.7 Å². The van der Waals surface area contributed by atoms with Crippen LogP contribution in [0, 0.1) is 0 Å². The number of amides is 1. The van der Waals surface area contributed by atoms with Gasteiger partial charge in [-0.2, -0.15) is 0 Å². The SMILES string of the molecule is CC(C)c1ccc(NC(=O)[C@@H](C)OC(=O)C2=C(Nc3ccccc3)OCC2=O)cc1. The van der Waals surface area contributed by atoms with Crippen molar-refractivity contribution in [2.75, 3.05) is 17.2 Å². The van der Waals surface area contributed by atoms with E-state index in [4.69, 9.17) is 9.47 Å². The van der Waals surface area contributed by atoms with Crippen LogP contribution in [0.4, 0.5) is 11.4 Å². The minimum Gasteiger partial charge on any atom is -0.470 e. The van der Waals surface area contributed by atoms with Crippen LogP contribution in [0.15, 0.2) is 66.1 Å². The Balaban J connectivity index is 1.65. The number of hydrogen-bond donors (Lipinski definition) is 2. The average molecular weight is 408 g/mol. The van der Waals surface area contributed by atoms with E-state index in [9.17, 15) is 14.4 Å². The van der Waals surface area contributed by atoms with Crippen LogP contribution >= 0.6 is 0 Å². The first kappa shape index (κ1) is 21.1. The minimum absolute atomic E-state index is 0.0214. The van der Waals surface area contributed by atoms with Crippen LogP contribution in [-0.2, 0) is 23.9 Å². The Morgan fingerprint density at radius 2 is 1.63 bits per heavy atom. The van der Waals surface area contributed by atoms with Gasteiger partial charge in [-0.15, -0.1) is 0 Å². The molecule has 1 aliphatic heterocycles. The van der Waals surface area contributed by atoms with E-state index in [1.165, 1.54) is 6.92 Å². The molecule has 7 heteroatoms. The van der Waals surface area contributed by atoms with Crippen LogP contribution in [0.5, 0.6) is 0 Å². The smallest absolute Gasteiger partial charge is 0.348 e. The van der Waals surface area contributed by atoms with E-state index in [1.54, 1.807) is 36.4 Å². The van der Waals surface area contributed by atoms with E-state index in [2.05, 4.69) is 24.5 Å². The number of hydrogen-bond acceptors (Lipinski definition) is 6. The number of ketones is 1. The average Bonchev–Trinajstić information content (AvgIpc) is 3.09. The maximum Gasteiger partial charge on any atom is 0.348 e. The van der Waals surface area contributed by atoms with Crippen molar-refractivity contribution in [3.05, 3.63) is 71.6 Å². The molecule has 1 aliphatic rings.